The normalized spacial score (nSPS) is 15.4. The van der Waals surface area contributed by atoms with E-state index in [9.17, 15) is 18.4 Å². The molecule has 0 unspecified atom stereocenters. The minimum Gasteiger partial charge on any atom is -0.493 e. The summed E-state index contributed by atoms with van der Waals surface area (Å²) in [5.74, 6) is 1.40. The van der Waals surface area contributed by atoms with Gasteiger partial charge in [0.2, 0.25) is 0 Å². The number of nitrogens with one attached hydrogen (secondary N) is 2. The Morgan fingerprint density at radius 1 is 1.22 bits per heavy atom. The number of aromatic nitrogens is 3. The van der Waals surface area contributed by atoms with E-state index >= 15 is 0 Å². The topological polar surface area (TPSA) is 89.9 Å². The molecule has 0 radical (unpaired) electrons. The van der Waals surface area contributed by atoms with Crippen molar-refractivity contribution in [3.05, 3.63) is 46.7 Å². The lowest BCUT2D eigenvalue weighted by Crippen LogP contribution is -2.38. The van der Waals surface area contributed by atoms with Crippen molar-refractivity contribution in [1.29, 1.82) is 5.26 Å². The van der Waals surface area contributed by atoms with Crippen molar-refractivity contribution in [1.82, 2.24) is 19.9 Å². The van der Waals surface area contributed by atoms with Crippen molar-refractivity contribution in [2.24, 2.45) is 0 Å². The monoisotopic (exact) mass is 514 g/mol. The van der Waals surface area contributed by atoms with Gasteiger partial charge in [0.15, 0.2) is 0 Å². The van der Waals surface area contributed by atoms with Crippen LogP contribution in [-0.2, 0) is 13.0 Å². The van der Waals surface area contributed by atoms with Crippen molar-refractivity contribution in [2.75, 3.05) is 25.0 Å². The molecule has 2 N–H and O–H groups in total. The molecule has 1 fully saturated rings. The van der Waals surface area contributed by atoms with Crippen LogP contribution < -0.4 is 10.1 Å². The third-order valence-corrected chi connectivity index (χ3v) is 7.37. The number of thiophene rings is 1. The van der Waals surface area contributed by atoms with Crippen molar-refractivity contribution < 1.29 is 17.9 Å². The van der Waals surface area contributed by atoms with Crippen LogP contribution in [0.4, 0.5) is 19.0 Å². The minimum atomic E-state index is -4.25. The summed E-state index contributed by atoms with van der Waals surface area (Å²) in [5.41, 5.74) is 2.46. The highest BCUT2D eigenvalue weighted by Crippen LogP contribution is 2.34. The van der Waals surface area contributed by atoms with Crippen molar-refractivity contribution >= 4 is 38.3 Å². The van der Waals surface area contributed by atoms with Gasteiger partial charge in [-0.3, -0.25) is 4.90 Å². The highest BCUT2D eigenvalue weighted by atomic mass is 32.1. The van der Waals surface area contributed by atoms with Gasteiger partial charge in [0.25, 0.3) is 0 Å². The van der Waals surface area contributed by atoms with Crippen LogP contribution in [0.15, 0.2) is 30.6 Å². The van der Waals surface area contributed by atoms with Crippen LogP contribution in [0.25, 0.3) is 21.1 Å². The van der Waals surface area contributed by atoms with Crippen LogP contribution >= 0.6 is 11.3 Å². The molecule has 188 valence electrons. The lowest BCUT2D eigenvalue weighted by molar-refractivity contribution is -0.126. The number of aromatic amines is 1. The fourth-order valence-corrected chi connectivity index (χ4v) is 5.72. The smallest absolute Gasteiger partial charge is 0.393 e. The molecule has 5 rings (SSSR count). The third kappa shape index (κ3) is 5.24. The van der Waals surface area contributed by atoms with E-state index < -0.39 is 12.6 Å². The molecule has 7 nitrogen and oxygen atoms in total. The molecule has 36 heavy (non-hydrogen) atoms. The Balaban J connectivity index is 1.25. The van der Waals surface area contributed by atoms with Gasteiger partial charge in [0, 0.05) is 41.5 Å². The van der Waals surface area contributed by atoms with Gasteiger partial charge in [0.1, 0.15) is 34.5 Å². The number of nitrogens with zero attached hydrogens (tertiary/aromatic N) is 4. The molecular weight excluding hydrogens is 489 g/mol. The lowest BCUT2D eigenvalue weighted by atomic mass is 10.0. The number of nitriles is 1. The number of piperidine rings is 1. The van der Waals surface area contributed by atoms with E-state index in [1.807, 2.05) is 25.1 Å². The Labute approximate surface area is 209 Å². The Kier molecular flexibility index (Phi) is 6.73. The Morgan fingerprint density at radius 3 is 2.75 bits per heavy atom. The minimum absolute atomic E-state index is 0.169. The zero-order valence-electron chi connectivity index (χ0n) is 19.7. The maximum atomic E-state index is 12.8. The first-order valence-corrected chi connectivity index (χ1v) is 12.6. The Bertz CT molecular complexity index is 1420. The van der Waals surface area contributed by atoms with Crippen LogP contribution in [0.1, 0.15) is 35.9 Å². The molecule has 0 atom stereocenters. The maximum absolute atomic E-state index is 12.8. The maximum Gasteiger partial charge on any atom is 0.393 e. The summed E-state index contributed by atoms with van der Waals surface area (Å²) in [4.78, 5) is 14.7. The van der Waals surface area contributed by atoms with Crippen LogP contribution in [0.5, 0.6) is 5.75 Å². The van der Waals surface area contributed by atoms with Crippen LogP contribution in [0.3, 0.4) is 0 Å². The average Bonchev–Trinajstić information content (AvgIpc) is 3.45. The van der Waals surface area contributed by atoms with E-state index in [4.69, 9.17) is 4.74 Å². The first-order valence-electron chi connectivity index (χ1n) is 11.8. The molecule has 0 spiro atoms. The van der Waals surface area contributed by atoms with Crippen molar-refractivity contribution in [2.45, 2.75) is 44.9 Å². The number of H-pyrrole nitrogens is 1. The van der Waals surface area contributed by atoms with E-state index in [1.54, 1.807) is 6.07 Å². The van der Waals surface area contributed by atoms with Gasteiger partial charge in [-0.1, -0.05) is 6.07 Å². The molecule has 0 amide bonds. The summed E-state index contributed by atoms with van der Waals surface area (Å²) in [7, 11) is 0. The number of fused-ring (bicyclic) bond motifs is 2. The largest absolute Gasteiger partial charge is 0.493 e. The number of likely N-dealkylation sites (tertiary alicyclic amines) is 1. The zero-order chi connectivity index (χ0) is 25.3. The standard InChI is InChI=1S/C25H25F3N6OS/c1-2-35-22-15(3-4-21-19(22)9-17(12-29)32-21)13-34-7-5-16(6-8-34)33-23-20-10-18(11-25(26,27)28)36-24(20)31-14-30-23/h3-4,9-10,14,16,32H,2,5-8,11,13H2,1H3,(H,30,31,33). The van der Waals surface area contributed by atoms with E-state index in [2.05, 4.69) is 31.2 Å². The number of ether oxygens (including phenoxy) is 1. The molecule has 4 aromatic rings. The van der Waals surface area contributed by atoms with Crippen LogP contribution in [0, 0.1) is 11.3 Å². The molecular formula is C25H25F3N6OS. The second kappa shape index (κ2) is 9.95. The van der Waals surface area contributed by atoms with E-state index in [1.165, 1.54) is 6.33 Å². The molecule has 11 heteroatoms. The summed E-state index contributed by atoms with van der Waals surface area (Å²) in [6.45, 7) is 4.92. The van der Waals surface area contributed by atoms with Gasteiger partial charge in [-0.05, 0) is 38.0 Å². The number of halogens is 3. The molecule has 1 saturated heterocycles. The predicted octanol–water partition coefficient (Wildman–Crippen LogP) is 5.62. The lowest BCUT2D eigenvalue weighted by Gasteiger charge is -2.33. The number of hydrogen-bond acceptors (Lipinski definition) is 7. The van der Waals surface area contributed by atoms with Gasteiger partial charge >= 0.3 is 6.18 Å². The molecule has 1 aromatic carbocycles. The number of hydrogen-bond donors (Lipinski definition) is 2. The van der Waals surface area contributed by atoms with Gasteiger partial charge in [-0.25, -0.2) is 9.97 Å². The first kappa shape index (κ1) is 24.3. The number of rotatable bonds is 7. The summed E-state index contributed by atoms with van der Waals surface area (Å²) in [6, 6.07) is 9.72. The summed E-state index contributed by atoms with van der Waals surface area (Å²) in [5, 5.41) is 14.2. The second-order valence-corrected chi connectivity index (χ2v) is 10.00. The predicted molar refractivity (Wildman–Crippen MR) is 133 cm³/mol. The summed E-state index contributed by atoms with van der Waals surface area (Å²) >= 11 is 1.06. The molecule has 0 saturated carbocycles. The summed E-state index contributed by atoms with van der Waals surface area (Å²) < 4.78 is 44.4. The average molecular weight is 515 g/mol. The molecule has 0 aliphatic carbocycles. The number of benzene rings is 1. The van der Waals surface area contributed by atoms with E-state index in [0.717, 1.165) is 66.0 Å². The second-order valence-electron chi connectivity index (χ2n) is 8.88. The van der Waals surface area contributed by atoms with E-state index in [-0.39, 0.29) is 10.9 Å². The van der Waals surface area contributed by atoms with Gasteiger partial charge in [0.05, 0.1) is 23.9 Å². The third-order valence-electron chi connectivity index (χ3n) is 6.32. The SMILES string of the molecule is CCOc1c(CN2CCC(Nc3ncnc4sc(CC(F)(F)F)cc34)CC2)ccc2[nH]c(C#N)cc12. The zero-order valence-corrected chi connectivity index (χ0v) is 20.5. The number of alkyl halides is 3. The van der Waals surface area contributed by atoms with Gasteiger partial charge in [-0.2, -0.15) is 18.4 Å². The molecule has 0 bridgehead atoms. The Hall–Kier alpha value is -3.36. The van der Waals surface area contributed by atoms with Crippen molar-refractivity contribution in [3.63, 3.8) is 0 Å². The van der Waals surface area contributed by atoms with Crippen LogP contribution in [0.2, 0.25) is 0 Å². The summed E-state index contributed by atoms with van der Waals surface area (Å²) in [6.07, 6.45) is -2.06. The fraction of sp³-hybridized carbons (Fsp3) is 0.400. The molecule has 4 heterocycles. The fourth-order valence-electron chi connectivity index (χ4n) is 4.70. The first-order chi connectivity index (χ1) is 17.3. The van der Waals surface area contributed by atoms with E-state index in [0.29, 0.717) is 28.3 Å². The van der Waals surface area contributed by atoms with Crippen molar-refractivity contribution in [3.8, 4) is 11.8 Å². The highest BCUT2D eigenvalue weighted by molar-refractivity contribution is 7.18. The van der Waals surface area contributed by atoms with Gasteiger partial charge < -0.3 is 15.0 Å². The quantitative estimate of drug-likeness (QED) is 0.333. The van der Waals surface area contributed by atoms with Gasteiger partial charge in [-0.15, -0.1) is 11.3 Å². The molecule has 1 aliphatic rings. The Morgan fingerprint density at radius 2 is 2.03 bits per heavy atom. The molecule has 1 aliphatic heterocycles. The van der Waals surface area contributed by atoms with Crippen LogP contribution in [-0.4, -0.2) is 51.8 Å². The molecule has 3 aromatic heterocycles. The number of anilines is 1. The highest BCUT2D eigenvalue weighted by Gasteiger charge is 2.29.